The lowest BCUT2D eigenvalue weighted by atomic mass is 9.99. The van der Waals surface area contributed by atoms with E-state index in [9.17, 15) is 9.59 Å². The molecule has 0 aliphatic rings. The van der Waals surface area contributed by atoms with Gasteiger partial charge in [0, 0.05) is 5.71 Å². The van der Waals surface area contributed by atoms with Crippen LogP contribution in [0.2, 0.25) is 0 Å². The van der Waals surface area contributed by atoms with Gasteiger partial charge in [-0.1, -0.05) is 19.9 Å². The van der Waals surface area contributed by atoms with Gasteiger partial charge in [0.15, 0.2) is 0 Å². The number of carbonyl (C=O) groups excluding carboxylic acids is 2. The molecule has 0 heterocycles. The van der Waals surface area contributed by atoms with Gasteiger partial charge in [-0.2, -0.15) is 0 Å². The first-order valence-electron chi connectivity index (χ1n) is 5.46. The maximum atomic E-state index is 11.6. The van der Waals surface area contributed by atoms with Crippen molar-refractivity contribution in [1.29, 1.82) is 5.41 Å². The summed E-state index contributed by atoms with van der Waals surface area (Å²) < 4.78 is 9.32. The molecule has 0 aromatic carbocycles. The minimum absolute atomic E-state index is 0.0419. The quantitative estimate of drug-likeness (QED) is 0.436. The smallest absolute Gasteiger partial charge is 0.339 e. The van der Waals surface area contributed by atoms with Crippen LogP contribution in [0.25, 0.3) is 0 Å². The number of carbonyl (C=O) groups is 2. The molecule has 0 aromatic rings. The van der Waals surface area contributed by atoms with Crippen LogP contribution in [0.15, 0.2) is 11.6 Å². The van der Waals surface area contributed by atoms with Gasteiger partial charge in [-0.25, -0.2) is 4.79 Å². The molecule has 0 radical (unpaired) electrons. The van der Waals surface area contributed by atoms with Crippen LogP contribution in [-0.4, -0.2) is 31.4 Å². The molecule has 0 aliphatic heterocycles. The molecule has 96 valence electrons. The zero-order valence-electron chi connectivity index (χ0n) is 10.7. The number of rotatable bonds is 6. The summed E-state index contributed by atoms with van der Waals surface area (Å²) in [6, 6.07) is 0. The maximum absolute atomic E-state index is 11.6. The third-order valence-electron chi connectivity index (χ3n) is 2.06. The summed E-state index contributed by atoms with van der Waals surface area (Å²) in [5.41, 5.74) is 0.291. The molecule has 0 aromatic heterocycles. The van der Waals surface area contributed by atoms with E-state index in [0.29, 0.717) is 0 Å². The van der Waals surface area contributed by atoms with Crippen molar-refractivity contribution >= 4 is 17.7 Å². The molecule has 0 aliphatic carbocycles. The van der Waals surface area contributed by atoms with Crippen molar-refractivity contribution in [3.63, 3.8) is 0 Å². The predicted octanol–water partition coefficient (Wildman–Crippen LogP) is 1.71. The average molecular weight is 241 g/mol. The van der Waals surface area contributed by atoms with Gasteiger partial charge < -0.3 is 14.9 Å². The molecule has 0 fully saturated rings. The van der Waals surface area contributed by atoms with Crippen molar-refractivity contribution in [3.05, 3.63) is 11.6 Å². The second-order valence-corrected chi connectivity index (χ2v) is 3.69. The van der Waals surface area contributed by atoms with Crippen molar-refractivity contribution in [2.45, 2.75) is 27.2 Å². The fourth-order valence-electron chi connectivity index (χ4n) is 1.09. The minimum atomic E-state index is -0.574. The van der Waals surface area contributed by atoms with Gasteiger partial charge >= 0.3 is 11.9 Å². The van der Waals surface area contributed by atoms with Crippen molar-refractivity contribution in [2.75, 3.05) is 13.7 Å². The SMILES string of the molecule is CCOC(=O)C(=CCC(=O)OC)C(=N)C(C)C. The van der Waals surface area contributed by atoms with E-state index in [2.05, 4.69) is 4.74 Å². The molecule has 1 N–H and O–H groups in total. The Morgan fingerprint density at radius 1 is 1.35 bits per heavy atom. The molecule has 5 heteroatoms. The van der Waals surface area contributed by atoms with Gasteiger partial charge in [-0.3, -0.25) is 4.79 Å². The zero-order chi connectivity index (χ0) is 13.4. The Kier molecular flexibility index (Phi) is 6.86. The molecule has 5 nitrogen and oxygen atoms in total. The second kappa shape index (κ2) is 7.60. The van der Waals surface area contributed by atoms with Gasteiger partial charge in [-0.15, -0.1) is 0 Å². The van der Waals surface area contributed by atoms with Crippen LogP contribution in [0.5, 0.6) is 0 Å². The number of hydrogen-bond acceptors (Lipinski definition) is 5. The van der Waals surface area contributed by atoms with E-state index < -0.39 is 11.9 Å². The Morgan fingerprint density at radius 2 is 1.94 bits per heavy atom. The van der Waals surface area contributed by atoms with Crippen LogP contribution >= 0.6 is 0 Å². The molecule has 0 amide bonds. The number of methoxy groups -OCH3 is 1. The Labute approximate surface area is 101 Å². The van der Waals surface area contributed by atoms with Gasteiger partial charge in [-0.05, 0) is 12.8 Å². The van der Waals surface area contributed by atoms with E-state index in [1.165, 1.54) is 13.2 Å². The van der Waals surface area contributed by atoms with E-state index >= 15 is 0 Å². The Hall–Kier alpha value is -1.65. The topological polar surface area (TPSA) is 76.5 Å². The number of nitrogens with one attached hydrogen (secondary N) is 1. The van der Waals surface area contributed by atoms with Gasteiger partial charge in [0.1, 0.15) is 0 Å². The molecule has 17 heavy (non-hydrogen) atoms. The van der Waals surface area contributed by atoms with Crippen LogP contribution in [-0.2, 0) is 19.1 Å². The number of ether oxygens (including phenoxy) is 2. The first-order valence-corrected chi connectivity index (χ1v) is 5.46. The number of esters is 2. The van der Waals surface area contributed by atoms with Crippen molar-refractivity contribution < 1.29 is 19.1 Å². The summed E-state index contributed by atoms with van der Waals surface area (Å²) in [6.07, 6.45) is 1.34. The third kappa shape index (κ3) is 5.29. The van der Waals surface area contributed by atoms with E-state index in [1.54, 1.807) is 20.8 Å². The lowest BCUT2D eigenvalue weighted by Crippen LogP contribution is -2.20. The van der Waals surface area contributed by atoms with Gasteiger partial charge in [0.2, 0.25) is 0 Å². The highest BCUT2D eigenvalue weighted by Gasteiger charge is 2.18. The summed E-state index contributed by atoms with van der Waals surface area (Å²) in [5, 5.41) is 7.79. The summed E-state index contributed by atoms with van der Waals surface area (Å²) in [6.45, 7) is 5.52. The zero-order valence-corrected chi connectivity index (χ0v) is 10.7. The predicted molar refractivity (Wildman–Crippen MR) is 63.9 cm³/mol. The molecule has 0 saturated heterocycles. The maximum Gasteiger partial charge on any atom is 0.339 e. The van der Waals surface area contributed by atoms with Gasteiger partial charge in [0.05, 0.1) is 25.7 Å². The Morgan fingerprint density at radius 3 is 2.35 bits per heavy atom. The first kappa shape index (κ1) is 15.3. The molecule has 0 bridgehead atoms. The Balaban J connectivity index is 4.90. The normalized spacial score (nSPS) is 11.2. The van der Waals surface area contributed by atoms with Crippen molar-refractivity contribution in [3.8, 4) is 0 Å². The molecular formula is C12H19NO4. The summed E-state index contributed by atoms with van der Waals surface area (Å²) in [5.74, 6) is -1.14. The molecular weight excluding hydrogens is 222 g/mol. The molecule has 0 atom stereocenters. The van der Waals surface area contributed by atoms with Crippen LogP contribution in [0.4, 0.5) is 0 Å². The largest absolute Gasteiger partial charge is 0.469 e. The third-order valence-corrected chi connectivity index (χ3v) is 2.06. The van der Waals surface area contributed by atoms with Gasteiger partial charge in [0.25, 0.3) is 0 Å². The molecule has 0 unspecified atom stereocenters. The molecule has 0 rings (SSSR count). The molecule has 0 saturated carbocycles. The Bertz CT molecular complexity index is 331. The highest BCUT2D eigenvalue weighted by Crippen LogP contribution is 2.10. The summed E-state index contributed by atoms with van der Waals surface area (Å²) in [7, 11) is 1.27. The second-order valence-electron chi connectivity index (χ2n) is 3.69. The summed E-state index contributed by atoms with van der Waals surface area (Å²) in [4.78, 5) is 22.6. The van der Waals surface area contributed by atoms with E-state index in [-0.39, 0.29) is 30.2 Å². The average Bonchev–Trinajstić information content (AvgIpc) is 2.28. The van der Waals surface area contributed by atoms with E-state index in [4.69, 9.17) is 10.1 Å². The minimum Gasteiger partial charge on any atom is -0.469 e. The van der Waals surface area contributed by atoms with Crippen LogP contribution in [0.3, 0.4) is 0 Å². The van der Waals surface area contributed by atoms with Crippen LogP contribution in [0, 0.1) is 11.3 Å². The van der Waals surface area contributed by atoms with Crippen molar-refractivity contribution in [2.24, 2.45) is 5.92 Å². The standard InChI is InChI=1S/C12H19NO4/c1-5-17-12(15)9(11(13)8(2)3)6-7-10(14)16-4/h6,8,13H,5,7H2,1-4H3. The van der Waals surface area contributed by atoms with Crippen LogP contribution < -0.4 is 0 Å². The lowest BCUT2D eigenvalue weighted by Gasteiger charge is -2.11. The lowest BCUT2D eigenvalue weighted by molar-refractivity contribution is -0.139. The van der Waals surface area contributed by atoms with E-state index in [1.807, 2.05) is 0 Å². The fraction of sp³-hybridized carbons (Fsp3) is 0.583. The monoisotopic (exact) mass is 241 g/mol. The van der Waals surface area contributed by atoms with Crippen LogP contribution in [0.1, 0.15) is 27.2 Å². The first-order chi connectivity index (χ1) is 7.93. The fourth-order valence-corrected chi connectivity index (χ4v) is 1.09. The molecule has 0 spiro atoms. The summed E-state index contributed by atoms with van der Waals surface area (Å²) >= 11 is 0. The van der Waals surface area contributed by atoms with Crippen molar-refractivity contribution in [1.82, 2.24) is 0 Å². The highest BCUT2D eigenvalue weighted by molar-refractivity contribution is 6.19. The van der Waals surface area contributed by atoms with E-state index in [0.717, 1.165) is 0 Å². The number of hydrogen-bond donors (Lipinski definition) is 1. The highest BCUT2D eigenvalue weighted by atomic mass is 16.5.